The van der Waals surface area contributed by atoms with Crippen LogP contribution in [0.15, 0.2) is 11.6 Å². The van der Waals surface area contributed by atoms with Crippen molar-refractivity contribution in [1.29, 1.82) is 0 Å². The van der Waals surface area contributed by atoms with Crippen molar-refractivity contribution in [2.45, 2.75) is 105 Å². The van der Waals surface area contributed by atoms with Crippen LogP contribution in [0.25, 0.3) is 0 Å². The van der Waals surface area contributed by atoms with Crippen molar-refractivity contribution in [3.8, 4) is 0 Å². The number of allylic oxidation sites excluding steroid dienone is 1. The molecular weight excluding hydrogens is 524 g/mol. The Balaban J connectivity index is 1.94. The molecule has 0 aliphatic heterocycles. The Kier molecular flexibility index (Phi) is 7.86. The second kappa shape index (κ2) is 10.1. The highest BCUT2D eigenvalue weighted by molar-refractivity contribution is 5.80. The fraction of sp³-hybridized carbons (Fsp3) is 0.848. The predicted molar refractivity (Wildman–Crippen MR) is 153 cm³/mol. The van der Waals surface area contributed by atoms with Gasteiger partial charge >= 0.3 is 17.9 Å². The van der Waals surface area contributed by atoms with Crippen LogP contribution in [0.5, 0.6) is 0 Å². The molecule has 0 aromatic rings. The third-order valence-electron chi connectivity index (χ3n) is 13.3. The minimum absolute atomic E-state index is 0.0330. The first kappa shape index (κ1) is 32.0. The predicted octanol–water partition coefficient (Wildman–Crippen LogP) is 4.85. The smallest absolute Gasteiger partial charge is 0.315 e. The van der Waals surface area contributed by atoms with E-state index >= 15 is 0 Å². The Morgan fingerprint density at radius 2 is 1.63 bits per heavy atom. The molecule has 4 aliphatic rings. The molecule has 3 fully saturated rings. The molecule has 10 atom stereocenters. The number of fused-ring (bicyclic) bond motifs is 5. The quantitative estimate of drug-likeness (QED) is 0.271. The van der Waals surface area contributed by atoms with E-state index in [1.807, 2.05) is 27.7 Å². The normalized spacial score (nSPS) is 45.8. The maximum absolute atomic E-state index is 13.6. The minimum Gasteiger partial charge on any atom is -0.469 e. The zero-order valence-electron chi connectivity index (χ0n) is 26.8. The van der Waals surface area contributed by atoms with Crippen LogP contribution in [0.4, 0.5) is 0 Å². The second-order valence-electron chi connectivity index (χ2n) is 15.1. The van der Waals surface area contributed by atoms with Crippen LogP contribution < -0.4 is 0 Å². The van der Waals surface area contributed by atoms with Gasteiger partial charge in [-0.2, -0.15) is 0 Å². The molecule has 8 heteroatoms. The number of aliphatic hydroxyl groups is 2. The van der Waals surface area contributed by atoms with Crippen LogP contribution in [0.3, 0.4) is 0 Å². The Morgan fingerprint density at radius 3 is 2.20 bits per heavy atom. The van der Waals surface area contributed by atoms with E-state index in [0.29, 0.717) is 32.1 Å². The van der Waals surface area contributed by atoms with E-state index in [9.17, 15) is 24.6 Å². The van der Waals surface area contributed by atoms with Gasteiger partial charge in [-0.3, -0.25) is 14.4 Å². The highest BCUT2D eigenvalue weighted by Crippen LogP contribution is 2.75. The Hall–Kier alpha value is -1.93. The summed E-state index contributed by atoms with van der Waals surface area (Å²) < 4.78 is 15.8. The van der Waals surface area contributed by atoms with Crippen molar-refractivity contribution in [3.63, 3.8) is 0 Å². The maximum atomic E-state index is 13.6. The summed E-state index contributed by atoms with van der Waals surface area (Å²) in [6, 6.07) is 0. The molecule has 2 N–H and O–H groups in total. The zero-order valence-corrected chi connectivity index (χ0v) is 26.8. The maximum Gasteiger partial charge on any atom is 0.315 e. The van der Waals surface area contributed by atoms with Crippen LogP contribution in [0.1, 0.15) is 93.4 Å². The SMILES string of the molecule is COC(=O)CC1(C)C(C(C)(C)C(=O)OC)CCC2(C)C1CC=C1C3C(C)(O)C(C)CCC3(C(=O)OC)C(O)CC12C. The molecule has 8 nitrogen and oxygen atoms in total. The molecule has 0 bridgehead atoms. The lowest BCUT2D eigenvalue weighted by molar-refractivity contribution is -0.231. The Labute approximate surface area is 245 Å². The lowest BCUT2D eigenvalue weighted by Gasteiger charge is -2.71. The molecule has 4 rings (SSSR count). The van der Waals surface area contributed by atoms with Crippen molar-refractivity contribution in [2.75, 3.05) is 21.3 Å². The van der Waals surface area contributed by atoms with Gasteiger partial charge in [-0.25, -0.2) is 0 Å². The van der Waals surface area contributed by atoms with Crippen LogP contribution in [0, 0.1) is 50.7 Å². The first-order valence-electron chi connectivity index (χ1n) is 15.2. The van der Waals surface area contributed by atoms with E-state index in [2.05, 4.69) is 26.8 Å². The third-order valence-corrected chi connectivity index (χ3v) is 13.3. The van der Waals surface area contributed by atoms with E-state index in [-0.39, 0.29) is 36.1 Å². The number of ether oxygens (including phenoxy) is 3. The second-order valence-corrected chi connectivity index (χ2v) is 15.1. The summed E-state index contributed by atoms with van der Waals surface area (Å²) in [6.07, 6.45) is 4.81. The Morgan fingerprint density at radius 1 is 1.00 bits per heavy atom. The summed E-state index contributed by atoms with van der Waals surface area (Å²) in [5.74, 6) is -1.95. The van der Waals surface area contributed by atoms with Crippen molar-refractivity contribution in [3.05, 3.63) is 11.6 Å². The Bertz CT molecular complexity index is 1120. The number of carbonyl (C=O) groups is 3. The molecule has 10 unspecified atom stereocenters. The molecule has 232 valence electrons. The number of rotatable bonds is 5. The topological polar surface area (TPSA) is 119 Å². The number of esters is 3. The van der Waals surface area contributed by atoms with Crippen LogP contribution in [-0.4, -0.2) is 61.2 Å². The molecule has 0 radical (unpaired) electrons. The largest absolute Gasteiger partial charge is 0.469 e. The van der Waals surface area contributed by atoms with Crippen molar-refractivity contribution < 1.29 is 38.8 Å². The monoisotopic (exact) mass is 576 g/mol. The van der Waals surface area contributed by atoms with Crippen molar-refractivity contribution in [1.82, 2.24) is 0 Å². The van der Waals surface area contributed by atoms with Gasteiger partial charge in [0.2, 0.25) is 0 Å². The van der Waals surface area contributed by atoms with E-state index in [0.717, 1.165) is 12.0 Å². The number of methoxy groups -OCH3 is 3. The van der Waals surface area contributed by atoms with Gasteiger partial charge in [-0.1, -0.05) is 39.3 Å². The highest BCUT2D eigenvalue weighted by Gasteiger charge is 2.73. The molecule has 0 saturated heterocycles. The summed E-state index contributed by atoms with van der Waals surface area (Å²) in [4.78, 5) is 39.6. The molecule has 0 aromatic carbocycles. The van der Waals surface area contributed by atoms with Crippen LogP contribution >= 0.6 is 0 Å². The summed E-state index contributed by atoms with van der Waals surface area (Å²) in [7, 11) is 4.15. The molecule has 41 heavy (non-hydrogen) atoms. The van der Waals surface area contributed by atoms with Gasteiger partial charge in [0.05, 0.1) is 44.9 Å². The lowest BCUT2D eigenvalue weighted by Crippen LogP contribution is -2.70. The molecule has 0 spiro atoms. The minimum atomic E-state index is -1.23. The average Bonchev–Trinajstić information content (AvgIpc) is 2.90. The third kappa shape index (κ3) is 4.09. The summed E-state index contributed by atoms with van der Waals surface area (Å²) in [5, 5.41) is 24.1. The van der Waals surface area contributed by atoms with Crippen LogP contribution in [-0.2, 0) is 28.6 Å². The van der Waals surface area contributed by atoms with Gasteiger partial charge in [0.15, 0.2) is 0 Å². The fourth-order valence-electron chi connectivity index (χ4n) is 10.7. The van der Waals surface area contributed by atoms with Gasteiger partial charge in [0.25, 0.3) is 0 Å². The van der Waals surface area contributed by atoms with E-state index in [1.165, 1.54) is 21.3 Å². The number of hydrogen-bond donors (Lipinski definition) is 2. The van der Waals surface area contributed by atoms with Gasteiger partial charge in [-0.15, -0.1) is 0 Å². The standard InChI is InChI=1S/C33H52O8/c1-19-13-16-33(27(37)41-10)23(34)17-31(6)20(25(33)32(19,7)38)11-12-22-29(4,18-24(35)39-8)21(14-15-30(22,31)5)28(2,3)26(36)40-9/h11,19,21-23,25,34,38H,12-18H2,1-10H3. The molecule has 3 saturated carbocycles. The average molecular weight is 577 g/mol. The van der Waals surface area contributed by atoms with Gasteiger partial charge in [-0.05, 0) is 93.3 Å². The number of hydrogen-bond acceptors (Lipinski definition) is 8. The lowest BCUT2D eigenvalue weighted by atomic mass is 9.33. The van der Waals surface area contributed by atoms with E-state index in [4.69, 9.17) is 14.2 Å². The number of carbonyl (C=O) groups excluding carboxylic acids is 3. The zero-order chi connectivity index (χ0) is 31.0. The van der Waals surface area contributed by atoms with Gasteiger partial charge in [0, 0.05) is 5.92 Å². The molecule has 0 heterocycles. The number of aliphatic hydroxyl groups excluding tert-OH is 1. The van der Waals surface area contributed by atoms with Gasteiger partial charge in [0.1, 0.15) is 5.41 Å². The summed E-state index contributed by atoms with van der Waals surface area (Å²) in [6.45, 7) is 14.2. The first-order valence-corrected chi connectivity index (χ1v) is 15.2. The first-order chi connectivity index (χ1) is 18.9. The van der Waals surface area contributed by atoms with Crippen LogP contribution in [0.2, 0.25) is 0 Å². The molecule has 4 aliphatic carbocycles. The molecule has 0 amide bonds. The van der Waals surface area contributed by atoms with Crippen molar-refractivity contribution >= 4 is 17.9 Å². The molecule has 0 aromatic heterocycles. The molecular formula is C33H52O8. The van der Waals surface area contributed by atoms with Gasteiger partial charge < -0.3 is 24.4 Å². The van der Waals surface area contributed by atoms with Crippen molar-refractivity contribution in [2.24, 2.45) is 50.7 Å². The summed E-state index contributed by atoms with van der Waals surface area (Å²) in [5.41, 5.74) is -3.86. The summed E-state index contributed by atoms with van der Waals surface area (Å²) >= 11 is 0. The van der Waals surface area contributed by atoms with E-state index in [1.54, 1.807) is 0 Å². The fourth-order valence-corrected chi connectivity index (χ4v) is 10.7. The van der Waals surface area contributed by atoms with E-state index < -0.39 is 50.7 Å². The highest BCUT2D eigenvalue weighted by atomic mass is 16.5.